The summed E-state index contributed by atoms with van der Waals surface area (Å²) in [6.45, 7) is 0.311. The van der Waals surface area contributed by atoms with E-state index in [9.17, 15) is 9.59 Å². The Hall–Kier alpha value is -3.06. The maximum atomic E-state index is 12.5. The highest BCUT2D eigenvalue weighted by Gasteiger charge is 2.14. The molecule has 0 fully saturated rings. The number of carbonyl (C=O) groups excluding carboxylic acids is 1. The highest BCUT2D eigenvalue weighted by Crippen LogP contribution is 2.22. The van der Waals surface area contributed by atoms with Gasteiger partial charge in [0.25, 0.3) is 5.56 Å². The van der Waals surface area contributed by atoms with Gasteiger partial charge in [-0.1, -0.05) is 30.3 Å². The van der Waals surface area contributed by atoms with Gasteiger partial charge in [0.05, 0.1) is 28.3 Å². The van der Waals surface area contributed by atoms with Gasteiger partial charge in [0.15, 0.2) is 0 Å². The van der Waals surface area contributed by atoms with E-state index in [1.165, 1.54) is 4.68 Å². The molecule has 0 bridgehead atoms. The number of hydrogen-bond donors (Lipinski definition) is 0. The van der Waals surface area contributed by atoms with Crippen LogP contribution in [0.25, 0.3) is 21.0 Å². The summed E-state index contributed by atoms with van der Waals surface area (Å²) in [7, 11) is 1.71. The summed E-state index contributed by atoms with van der Waals surface area (Å²) < 4.78 is 2.30. The second-order valence-electron chi connectivity index (χ2n) is 6.02. The lowest BCUT2D eigenvalue weighted by molar-refractivity contribution is -0.131. The zero-order valence-electron chi connectivity index (χ0n) is 14.1. The van der Waals surface area contributed by atoms with Gasteiger partial charge in [-0.05, 0) is 18.2 Å². The summed E-state index contributed by atoms with van der Waals surface area (Å²) in [6.07, 6.45) is 1.61. The monoisotopic (exact) mass is 364 g/mol. The molecule has 2 aromatic carbocycles. The van der Waals surface area contributed by atoms with E-state index in [-0.39, 0.29) is 18.0 Å². The van der Waals surface area contributed by atoms with Crippen molar-refractivity contribution in [1.82, 2.24) is 19.7 Å². The molecule has 1 amide bonds. The Morgan fingerprint density at radius 1 is 1.15 bits per heavy atom. The van der Waals surface area contributed by atoms with Crippen LogP contribution in [0.2, 0.25) is 0 Å². The van der Waals surface area contributed by atoms with Crippen LogP contribution in [0, 0.1) is 0 Å². The van der Waals surface area contributed by atoms with Crippen LogP contribution in [0.3, 0.4) is 0 Å². The van der Waals surface area contributed by atoms with Gasteiger partial charge in [-0.2, -0.15) is 5.10 Å². The molecule has 0 N–H and O–H groups in total. The molecule has 4 aromatic rings. The average Bonchev–Trinajstić information content (AvgIpc) is 3.06. The van der Waals surface area contributed by atoms with Crippen LogP contribution in [0.5, 0.6) is 0 Å². The van der Waals surface area contributed by atoms with Crippen molar-refractivity contribution in [3.8, 4) is 0 Å². The fraction of sp³-hybridized carbons (Fsp3) is 0.158. The average molecular weight is 364 g/mol. The highest BCUT2D eigenvalue weighted by molar-refractivity contribution is 7.18. The van der Waals surface area contributed by atoms with E-state index in [1.54, 1.807) is 41.6 Å². The van der Waals surface area contributed by atoms with Crippen molar-refractivity contribution in [3.05, 3.63) is 70.1 Å². The molecule has 0 aliphatic heterocycles. The van der Waals surface area contributed by atoms with Crippen molar-refractivity contribution >= 4 is 38.2 Å². The number of para-hydroxylation sites is 1. The van der Waals surface area contributed by atoms with Gasteiger partial charge >= 0.3 is 0 Å². The van der Waals surface area contributed by atoms with Crippen LogP contribution in [-0.4, -0.2) is 32.6 Å². The molecule has 130 valence electrons. The number of amides is 1. The Morgan fingerprint density at radius 2 is 1.92 bits per heavy atom. The normalized spacial score (nSPS) is 11.1. The molecule has 0 aliphatic rings. The molecule has 7 heteroatoms. The summed E-state index contributed by atoms with van der Waals surface area (Å²) in [5.41, 5.74) is 0.672. The number of carbonyl (C=O) groups is 1. The van der Waals surface area contributed by atoms with E-state index < -0.39 is 0 Å². The second-order valence-corrected chi connectivity index (χ2v) is 7.13. The number of thiazole rings is 1. The Kier molecular flexibility index (Phi) is 4.22. The minimum absolute atomic E-state index is 0.0922. The number of fused-ring (bicyclic) bond motifs is 2. The molecule has 0 aliphatic carbocycles. The van der Waals surface area contributed by atoms with E-state index in [2.05, 4.69) is 10.1 Å². The lowest BCUT2D eigenvalue weighted by Gasteiger charge is -2.16. The molecule has 0 unspecified atom stereocenters. The predicted molar refractivity (Wildman–Crippen MR) is 102 cm³/mol. The van der Waals surface area contributed by atoms with Gasteiger partial charge in [0.1, 0.15) is 11.6 Å². The topological polar surface area (TPSA) is 68.1 Å². The first-order valence-electron chi connectivity index (χ1n) is 8.15. The molecule has 0 saturated carbocycles. The minimum Gasteiger partial charge on any atom is -0.337 e. The van der Waals surface area contributed by atoms with E-state index in [1.807, 2.05) is 36.4 Å². The number of benzene rings is 2. The van der Waals surface area contributed by atoms with Crippen molar-refractivity contribution in [3.63, 3.8) is 0 Å². The number of hydrogen-bond acceptors (Lipinski definition) is 5. The van der Waals surface area contributed by atoms with Gasteiger partial charge in [-0.15, -0.1) is 11.3 Å². The molecular formula is C19H16N4O2S. The maximum Gasteiger partial charge on any atom is 0.275 e. The van der Waals surface area contributed by atoms with E-state index >= 15 is 0 Å². The molecule has 0 atom stereocenters. The van der Waals surface area contributed by atoms with E-state index in [4.69, 9.17) is 0 Å². The van der Waals surface area contributed by atoms with Crippen LogP contribution in [-0.2, 0) is 17.9 Å². The van der Waals surface area contributed by atoms with Gasteiger partial charge in [-0.25, -0.2) is 9.67 Å². The van der Waals surface area contributed by atoms with E-state index in [0.29, 0.717) is 11.9 Å². The maximum absolute atomic E-state index is 12.5. The molecule has 6 nitrogen and oxygen atoms in total. The smallest absolute Gasteiger partial charge is 0.275 e. The summed E-state index contributed by atoms with van der Waals surface area (Å²) in [4.78, 5) is 31.1. The molecule has 0 radical (unpaired) electrons. The predicted octanol–water partition coefficient (Wildman–Crippen LogP) is 2.66. The summed E-state index contributed by atoms with van der Waals surface area (Å²) >= 11 is 1.57. The summed E-state index contributed by atoms with van der Waals surface area (Å²) in [6, 6.07) is 15.1. The zero-order chi connectivity index (χ0) is 18.1. The lowest BCUT2D eigenvalue weighted by Crippen LogP contribution is -2.34. The second kappa shape index (κ2) is 6.68. The molecular weight excluding hydrogens is 348 g/mol. The Balaban J connectivity index is 1.52. The molecule has 0 spiro atoms. The number of likely N-dealkylation sites (N-methyl/N-ethyl adjacent to an activating group) is 1. The number of aromatic nitrogens is 3. The van der Waals surface area contributed by atoms with Crippen LogP contribution >= 0.6 is 11.3 Å². The molecule has 2 aromatic heterocycles. The zero-order valence-corrected chi connectivity index (χ0v) is 14.9. The first-order valence-corrected chi connectivity index (χ1v) is 8.97. The van der Waals surface area contributed by atoms with Crippen molar-refractivity contribution in [2.24, 2.45) is 0 Å². The molecule has 26 heavy (non-hydrogen) atoms. The first kappa shape index (κ1) is 16.4. The minimum atomic E-state index is -0.259. The molecule has 0 saturated heterocycles. The lowest BCUT2D eigenvalue weighted by atomic mass is 10.2. The Bertz CT molecular complexity index is 1130. The third kappa shape index (κ3) is 3.09. The van der Waals surface area contributed by atoms with Crippen LogP contribution < -0.4 is 5.56 Å². The fourth-order valence-electron chi connectivity index (χ4n) is 2.77. The molecule has 2 heterocycles. The Labute approximate surface area is 153 Å². The fourth-order valence-corrected chi connectivity index (χ4v) is 3.79. The van der Waals surface area contributed by atoms with Crippen LogP contribution in [0.15, 0.2) is 59.5 Å². The molecule has 4 rings (SSSR count). The SMILES string of the molecule is CN(Cc1nc2ccccc2s1)C(=O)Cn1ncc2ccccc2c1=O. The van der Waals surface area contributed by atoms with Crippen molar-refractivity contribution in [1.29, 1.82) is 0 Å². The Morgan fingerprint density at radius 3 is 2.77 bits per heavy atom. The number of rotatable bonds is 4. The highest BCUT2D eigenvalue weighted by atomic mass is 32.1. The van der Waals surface area contributed by atoms with E-state index in [0.717, 1.165) is 20.6 Å². The quantitative estimate of drug-likeness (QED) is 0.558. The van der Waals surface area contributed by atoms with Gasteiger partial charge in [-0.3, -0.25) is 9.59 Å². The largest absolute Gasteiger partial charge is 0.337 e. The van der Waals surface area contributed by atoms with Crippen molar-refractivity contribution in [2.75, 3.05) is 7.05 Å². The number of nitrogens with zero attached hydrogens (tertiary/aromatic N) is 4. The van der Waals surface area contributed by atoms with Crippen LogP contribution in [0.1, 0.15) is 5.01 Å². The standard InChI is InChI=1S/C19H16N4O2S/c1-22(11-17-21-15-8-4-5-9-16(15)26-17)18(24)12-23-19(25)14-7-3-2-6-13(14)10-20-23/h2-10H,11-12H2,1H3. The van der Waals surface area contributed by atoms with Crippen molar-refractivity contribution < 1.29 is 4.79 Å². The van der Waals surface area contributed by atoms with Gasteiger partial charge in [0.2, 0.25) is 5.91 Å². The third-order valence-corrected chi connectivity index (χ3v) is 5.20. The van der Waals surface area contributed by atoms with Crippen LogP contribution in [0.4, 0.5) is 0 Å². The van der Waals surface area contributed by atoms with Gasteiger partial charge in [0, 0.05) is 12.4 Å². The van der Waals surface area contributed by atoms with Crippen molar-refractivity contribution in [2.45, 2.75) is 13.1 Å². The third-order valence-electron chi connectivity index (χ3n) is 4.18. The summed E-state index contributed by atoms with van der Waals surface area (Å²) in [5.74, 6) is -0.186. The first-order chi connectivity index (χ1) is 12.6. The van der Waals surface area contributed by atoms with Gasteiger partial charge < -0.3 is 4.90 Å². The summed E-state index contributed by atoms with van der Waals surface area (Å²) in [5, 5.41) is 6.30.